The Bertz CT molecular complexity index is 897. The number of hydrogen-bond donors (Lipinski definition) is 5. The fraction of sp³-hybridized carbons (Fsp3) is 0. The quantitative estimate of drug-likeness (QED) is 0.469. The van der Waals surface area contributed by atoms with Gasteiger partial charge >= 0.3 is 0 Å². The summed E-state index contributed by atoms with van der Waals surface area (Å²) in [4.78, 5) is 15.0. The Labute approximate surface area is 118 Å². The largest absolute Gasteiger partial charge is 0.508 e. The molecule has 5 N–H and O–H groups in total. The van der Waals surface area contributed by atoms with Gasteiger partial charge in [-0.2, -0.15) is 0 Å². The van der Waals surface area contributed by atoms with Crippen molar-refractivity contribution >= 4 is 10.9 Å². The van der Waals surface area contributed by atoms with Crippen LogP contribution in [0.25, 0.3) is 22.2 Å². The topological polar surface area (TPSA) is 114 Å². The van der Waals surface area contributed by atoms with E-state index in [1.54, 1.807) is 0 Å². The van der Waals surface area contributed by atoms with Crippen LogP contribution in [0.4, 0.5) is 0 Å². The molecule has 0 atom stereocenters. The molecular weight excluding hydrogens is 274 g/mol. The second-order valence-corrected chi connectivity index (χ2v) is 4.61. The Kier molecular flexibility index (Phi) is 2.72. The van der Waals surface area contributed by atoms with Gasteiger partial charge in [-0.3, -0.25) is 4.79 Å². The Balaban J connectivity index is 2.37. The highest BCUT2D eigenvalue weighted by atomic mass is 16.3. The maximum atomic E-state index is 12.2. The van der Waals surface area contributed by atoms with Crippen molar-refractivity contribution in [2.75, 3.05) is 0 Å². The van der Waals surface area contributed by atoms with Gasteiger partial charge in [0, 0.05) is 17.7 Å². The van der Waals surface area contributed by atoms with Crippen LogP contribution < -0.4 is 5.43 Å². The number of aromatic nitrogens is 1. The molecule has 0 aliphatic carbocycles. The molecule has 0 bridgehead atoms. The van der Waals surface area contributed by atoms with E-state index in [-0.39, 0.29) is 28.1 Å². The Morgan fingerprint density at radius 1 is 0.857 bits per heavy atom. The lowest BCUT2D eigenvalue weighted by atomic mass is 10.1. The van der Waals surface area contributed by atoms with Gasteiger partial charge in [-0.05, 0) is 24.3 Å². The smallest absolute Gasteiger partial charge is 0.235 e. The summed E-state index contributed by atoms with van der Waals surface area (Å²) in [6.07, 6.45) is 0. The van der Waals surface area contributed by atoms with Crippen LogP contribution in [0.5, 0.6) is 23.0 Å². The van der Waals surface area contributed by atoms with E-state index in [1.807, 2.05) is 0 Å². The second kappa shape index (κ2) is 4.45. The van der Waals surface area contributed by atoms with Crippen molar-refractivity contribution in [1.82, 2.24) is 4.98 Å². The molecule has 0 spiro atoms. The molecule has 1 aromatic heterocycles. The number of pyridine rings is 1. The Morgan fingerprint density at radius 3 is 2.19 bits per heavy atom. The van der Waals surface area contributed by atoms with Gasteiger partial charge in [-0.15, -0.1) is 0 Å². The average Bonchev–Trinajstić information content (AvgIpc) is 2.43. The number of nitrogens with one attached hydrogen (secondary N) is 1. The fourth-order valence-corrected chi connectivity index (χ4v) is 2.21. The molecule has 6 nitrogen and oxygen atoms in total. The minimum absolute atomic E-state index is 0.0525. The van der Waals surface area contributed by atoms with Crippen molar-refractivity contribution in [3.63, 3.8) is 0 Å². The normalized spacial score (nSPS) is 10.9. The second-order valence-electron chi connectivity index (χ2n) is 4.61. The van der Waals surface area contributed by atoms with Crippen LogP contribution in [-0.4, -0.2) is 25.4 Å². The third-order valence-electron chi connectivity index (χ3n) is 3.20. The standard InChI is InChI=1S/C15H11NO5/c17-8-3-1-7(2-4-8)13-15(21)14(20)12-10(16-13)5-9(18)6-11(12)19/h1-6,17-19,21H,(H,16,20). The molecule has 106 valence electrons. The molecule has 1 heterocycles. The predicted molar refractivity (Wildman–Crippen MR) is 76.7 cm³/mol. The van der Waals surface area contributed by atoms with E-state index in [2.05, 4.69) is 4.98 Å². The number of benzene rings is 2. The van der Waals surface area contributed by atoms with Gasteiger partial charge in [0.1, 0.15) is 17.2 Å². The molecule has 0 aliphatic heterocycles. The summed E-state index contributed by atoms with van der Waals surface area (Å²) in [7, 11) is 0. The van der Waals surface area contributed by atoms with E-state index in [0.29, 0.717) is 5.56 Å². The number of aromatic amines is 1. The van der Waals surface area contributed by atoms with E-state index in [4.69, 9.17) is 0 Å². The molecule has 0 amide bonds. The van der Waals surface area contributed by atoms with Crippen molar-refractivity contribution in [2.45, 2.75) is 0 Å². The van der Waals surface area contributed by atoms with Gasteiger partial charge in [0.2, 0.25) is 5.43 Å². The lowest BCUT2D eigenvalue weighted by Gasteiger charge is -2.09. The minimum atomic E-state index is -0.746. The third kappa shape index (κ3) is 2.02. The van der Waals surface area contributed by atoms with Crippen LogP contribution in [0.3, 0.4) is 0 Å². The Morgan fingerprint density at radius 2 is 1.52 bits per heavy atom. The van der Waals surface area contributed by atoms with E-state index in [1.165, 1.54) is 30.3 Å². The number of phenolic OH excluding ortho intramolecular Hbond substituents is 3. The summed E-state index contributed by atoms with van der Waals surface area (Å²) in [5, 5.41) is 38.4. The van der Waals surface area contributed by atoms with Gasteiger partial charge in [0.15, 0.2) is 5.75 Å². The van der Waals surface area contributed by atoms with Crippen LogP contribution in [0.2, 0.25) is 0 Å². The van der Waals surface area contributed by atoms with E-state index < -0.39 is 16.9 Å². The van der Waals surface area contributed by atoms with Crippen LogP contribution >= 0.6 is 0 Å². The average molecular weight is 285 g/mol. The number of aromatic hydroxyl groups is 4. The molecule has 0 fully saturated rings. The van der Waals surface area contributed by atoms with Crippen LogP contribution in [-0.2, 0) is 0 Å². The van der Waals surface area contributed by atoms with E-state index >= 15 is 0 Å². The first kappa shape index (κ1) is 12.9. The van der Waals surface area contributed by atoms with Crippen LogP contribution in [0, 0.1) is 0 Å². The molecular formula is C15H11NO5. The maximum Gasteiger partial charge on any atom is 0.235 e. The van der Waals surface area contributed by atoms with E-state index in [9.17, 15) is 25.2 Å². The molecule has 2 aromatic carbocycles. The zero-order valence-electron chi connectivity index (χ0n) is 10.7. The van der Waals surface area contributed by atoms with Gasteiger partial charge < -0.3 is 25.4 Å². The number of phenols is 3. The van der Waals surface area contributed by atoms with Gasteiger partial charge in [-0.1, -0.05) is 0 Å². The minimum Gasteiger partial charge on any atom is -0.508 e. The first-order chi connectivity index (χ1) is 9.97. The molecule has 0 aliphatic rings. The summed E-state index contributed by atoms with van der Waals surface area (Å²) in [5.41, 5.74) is 0.0623. The molecule has 3 rings (SSSR count). The predicted octanol–water partition coefficient (Wildman–Crippen LogP) is 2.02. The number of hydrogen-bond acceptors (Lipinski definition) is 5. The van der Waals surface area contributed by atoms with Crippen LogP contribution in [0.15, 0.2) is 41.2 Å². The molecule has 21 heavy (non-hydrogen) atoms. The summed E-state index contributed by atoms with van der Waals surface area (Å²) in [6.45, 7) is 0. The van der Waals surface area contributed by atoms with Crippen molar-refractivity contribution in [2.24, 2.45) is 0 Å². The monoisotopic (exact) mass is 285 g/mol. The van der Waals surface area contributed by atoms with Crippen LogP contribution in [0.1, 0.15) is 0 Å². The van der Waals surface area contributed by atoms with Gasteiger partial charge in [0.25, 0.3) is 0 Å². The van der Waals surface area contributed by atoms with Crippen molar-refractivity contribution in [3.8, 4) is 34.3 Å². The van der Waals surface area contributed by atoms with E-state index in [0.717, 1.165) is 6.07 Å². The SMILES string of the molecule is O=c1c(O)c(-c2ccc(O)cc2)[nH]c2cc(O)cc(O)c12. The lowest BCUT2D eigenvalue weighted by Crippen LogP contribution is -2.05. The zero-order valence-corrected chi connectivity index (χ0v) is 10.7. The first-order valence-corrected chi connectivity index (χ1v) is 6.07. The molecule has 0 radical (unpaired) electrons. The highest BCUT2D eigenvalue weighted by molar-refractivity contribution is 5.90. The summed E-state index contributed by atoms with van der Waals surface area (Å²) in [5.74, 6) is -1.12. The molecule has 0 saturated heterocycles. The molecule has 6 heteroatoms. The summed E-state index contributed by atoms with van der Waals surface area (Å²) in [6, 6.07) is 8.18. The number of fused-ring (bicyclic) bond motifs is 1. The van der Waals surface area contributed by atoms with Crippen molar-refractivity contribution < 1.29 is 20.4 Å². The number of H-pyrrole nitrogens is 1. The first-order valence-electron chi connectivity index (χ1n) is 6.07. The summed E-state index contributed by atoms with van der Waals surface area (Å²) < 4.78 is 0. The Hall–Kier alpha value is -3.15. The maximum absolute atomic E-state index is 12.2. The zero-order chi connectivity index (χ0) is 15.1. The fourth-order valence-electron chi connectivity index (χ4n) is 2.21. The van der Waals surface area contributed by atoms with Gasteiger partial charge in [-0.25, -0.2) is 0 Å². The third-order valence-corrected chi connectivity index (χ3v) is 3.20. The highest BCUT2D eigenvalue weighted by Gasteiger charge is 2.16. The molecule has 0 unspecified atom stereocenters. The van der Waals surface area contributed by atoms with Gasteiger partial charge in [0.05, 0.1) is 16.6 Å². The highest BCUT2D eigenvalue weighted by Crippen LogP contribution is 2.32. The summed E-state index contributed by atoms with van der Waals surface area (Å²) >= 11 is 0. The lowest BCUT2D eigenvalue weighted by molar-refractivity contribution is 0.452. The van der Waals surface area contributed by atoms with Crippen molar-refractivity contribution in [1.29, 1.82) is 0 Å². The molecule has 3 aromatic rings. The van der Waals surface area contributed by atoms with Crippen molar-refractivity contribution in [3.05, 3.63) is 46.6 Å². The number of rotatable bonds is 1. The molecule has 0 saturated carbocycles.